The van der Waals surface area contributed by atoms with Gasteiger partial charge in [0.2, 0.25) is 0 Å². The predicted octanol–water partition coefficient (Wildman–Crippen LogP) is 3.28. The number of carboxylic acids is 1. The fourth-order valence-corrected chi connectivity index (χ4v) is 1.70. The predicted molar refractivity (Wildman–Crippen MR) is 80.9 cm³/mol. The smallest absolute Gasteiger partial charge is 0.335 e. The van der Waals surface area contributed by atoms with E-state index in [9.17, 15) is 20.1 Å². The molecule has 0 atom stereocenters. The van der Waals surface area contributed by atoms with Gasteiger partial charge in [0.1, 0.15) is 11.5 Å². The Morgan fingerprint density at radius 2 is 1.29 bits per heavy atom. The van der Waals surface area contributed by atoms with E-state index >= 15 is 0 Å². The van der Waals surface area contributed by atoms with Crippen LogP contribution in [0.4, 0.5) is 0 Å². The van der Waals surface area contributed by atoms with Gasteiger partial charge in [0.15, 0.2) is 0 Å². The third-order valence-electron chi connectivity index (χ3n) is 2.81. The summed E-state index contributed by atoms with van der Waals surface area (Å²) < 4.78 is 0. The van der Waals surface area contributed by atoms with Gasteiger partial charge in [0.25, 0.3) is 0 Å². The number of hydrogen-bond donors (Lipinski definition) is 3. The van der Waals surface area contributed by atoms with Crippen LogP contribution in [0.3, 0.4) is 0 Å². The molecule has 0 aliphatic heterocycles. The van der Waals surface area contributed by atoms with Crippen LogP contribution in [-0.2, 0) is 4.79 Å². The summed E-state index contributed by atoms with van der Waals surface area (Å²) in [6, 6.07) is 12.7. The van der Waals surface area contributed by atoms with Crippen LogP contribution in [0.2, 0.25) is 0 Å². The van der Waals surface area contributed by atoms with Crippen molar-refractivity contribution in [3.63, 3.8) is 0 Å². The number of phenols is 2. The largest absolute Gasteiger partial charge is 0.508 e. The SMILES string of the molecule is O=C(O)C(=C\c1ccc(O)cc1)/C=C/c1ccc(O)cc1. The fraction of sp³-hybridized carbons (Fsp3) is 0. The van der Waals surface area contributed by atoms with Crippen LogP contribution >= 0.6 is 0 Å². The summed E-state index contributed by atoms with van der Waals surface area (Å²) in [7, 11) is 0. The second-order valence-corrected chi connectivity index (χ2v) is 4.42. The standard InChI is InChI=1S/C17H14O4/c18-15-7-2-12(3-8-15)1-6-14(17(20)21)11-13-4-9-16(19)10-5-13/h1-11,18-19H,(H,20,21)/b6-1+,14-11-. The van der Waals surface area contributed by atoms with Gasteiger partial charge in [-0.1, -0.05) is 30.3 Å². The molecule has 0 fully saturated rings. The summed E-state index contributed by atoms with van der Waals surface area (Å²) in [5.41, 5.74) is 1.58. The van der Waals surface area contributed by atoms with Crippen LogP contribution in [0.15, 0.2) is 60.2 Å². The normalized spacial score (nSPS) is 11.7. The number of aromatic hydroxyl groups is 2. The molecule has 0 unspecified atom stereocenters. The lowest BCUT2D eigenvalue weighted by atomic mass is 10.1. The van der Waals surface area contributed by atoms with Crippen LogP contribution in [0.5, 0.6) is 11.5 Å². The molecule has 0 radical (unpaired) electrons. The molecule has 2 aromatic carbocycles. The van der Waals surface area contributed by atoms with E-state index in [-0.39, 0.29) is 17.1 Å². The number of aliphatic carboxylic acids is 1. The summed E-state index contributed by atoms with van der Waals surface area (Å²) in [6.45, 7) is 0. The second kappa shape index (κ2) is 6.43. The highest BCUT2D eigenvalue weighted by atomic mass is 16.4. The van der Waals surface area contributed by atoms with Crippen molar-refractivity contribution < 1.29 is 20.1 Å². The van der Waals surface area contributed by atoms with Crippen molar-refractivity contribution in [3.8, 4) is 11.5 Å². The van der Waals surface area contributed by atoms with Crippen LogP contribution < -0.4 is 0 Å². The first-order valence-electron chi connectivity index (χ1n) is 6.26. The maximum Gasteiger partial charge on any atom is 0.335 e. The second-order valence-electron chi connectivity index (χ2n) is 4.42. The number of benzene rings is 2. The third-order valence-corrected chi connectivity index (χ3v) is 2.81. The zero-order valence-electron chi connectivity index (χ0n) is 11.1. The molecule has 4 nitrogen and oxygen atoms in total. The first-order valence-corrected chi connectivity index (χ1v) is 6.26. The quantitative estimate of drug-likeness (QED) is 0.594. The molecule has 0 saturated carbocycles. The van der Waals surface area contributed by atoms with E-state index in [1.807, 2.05) is 0 Å². The maximum atomic E-state index is 11.2. The van der Waals surface area contributed by atoms with E-state index in [2.05, 4.69) is 0 Å². The van der Waals surface area contributed by atoms with Gasteiger partial charge in [-0.2, -0.15) is 0 Å². The Morgan fingerprint density at radius 3 is 1.76 bits per heavy atom. The van der Waals surface area contributed by atoms with Crippen molar-refractivity contribution in [2.45, 2.75) is 0 Å². The molecule has 0 saturated heterocycles. The zero-order chi connectivity index (χ0) is 15.2. The average Bonchev–Trinajstić information content (AvgIpc) is 2.47. The number of hydrogen-bond acceptors (Lipinski definition) is 3. The lowest BCUT2D eigenvalue weighted by Gasteiger charge is -1.98. The molecule has 21 heavy (non-hydrogen) atoms. The van der Waals surface area contributed by atoms with Crippen LogP contribution in [0.1, 0.15) is 11.1 Å². The lowest BCUT2D eigenvalue weighted by Crippen LogP contribution is -1.97. The Kier molecular flexibility index (Phi) is 4.41. The molecule has 0 heterocycles. The Labute approximate surface area is 121 Å². The van der Waals surface area contributed by atoms with Crippen molar-refractivity contribution in [2.24, 2.45) is 0 Å². The maximum absolute atomic E-state index is 11.2. The molecule has 4 heteroatoms. The van der Waals surface area contributed by atoms with Gasteiger partial charge in [0.05, 0.1) is 5.57 Å². The van der Waals surface area contributed by atoms with Gasteiger partial charge in [-0.15, -0.1) is 0 Å². The zero-order valence-corrected chi connectivity index (χ0v) is 11.1. The molecule has 0 aliphatic carbocycles. The molecule has 106 valence electrons. The summed E-state index contributed by atoms with van der Waals surface area (Å²) in [4.78, 5) is 11.2. The monoisotopic (exact) mass is 282 g/mol. The van der Waals surface area contributed by atoms with Gasteiger partial charge < -0.3 is 15.3 Å². The number of carboxylic acid groups (broad SMARTS) is 1. The van der Waals surface area contributed by atoms with Gasteiger partial charge in [-0.05, 0) is 47.5 Å². The molecule has 3 N–H and O–H groups in total. The van der Waals surface area contributed by atoms with Crippen molar-refractivity contribution in [1.82, 2.24) is 0 Å². The molecular formula is C17H14O4. The number of phenolic OH excluding ortho intramolecular Hbond substituents is 2. The van der Waals surface area contributed by atoms with Crippen molar-refractivity contribution >= 4 is 18.1 Å². The molecule has 0 aliphatic rings. The summed E-state index contributed by atoms with van der Waals surface area (Å²) in [5.74, 6) is -0.757. The molecule has 2 rings (SSSR count). The van der Waals surface area contributed by atoms with E-state index in [0.717, 1.165) is 5.56 Å². The van der Waals surface area contributed by atoms with Crippen molar-refractivity contribution in [3.05, 3.63) is 71.3 Å². The van der Waals surface area contributed by atoms with Crippen LogP contribution in [0, 0.1) is 0 Å². The average molecular weight is 282 g/mol. The third kappa shape index (κ3) is 4.24. The van der Waals surface area contributed by atoms with Crippen LogP contribution in [0.25, 0.3) is 12.2 Å². The fourth-order valence-electron chi connectivity index (χ4n) is 1.70. The Morgan fingerprint density at radius 1 is 0.810 bits per heavy atom. The molecule has 0 aromatic heterocycles. The topological polar surface area (TPSA) is 77.8 Å². The summed E-state index contributed by atoms with van der Waals surface area (Å²) >= 11 is 0. The molecule has 0 amide bonds. The number of carbonyl (C=O) groups is 1. The molecular weight excluding hydrogens is 268 g/mol. The summed E-state index contributed by atoms with van der Waals surface area (Å²) in [5, 5.41) is 27.6. The summed E-state index contributed by atoms with van der Waals surface area (Å²) in [6.07, 6.45) is 4.65. The first kappa shape index (κ1) is 14.4. The Bertz CT molecular complexity index is 680. The minimum absolute atomic E-state index is 0.119. The van der Waals surface area contributed by atoms with E-state index in [4.69, 9.17) is 0 Å². The number of rotatable bonds is 4. The Balaban J connectivity index is 2.25. The van der Waals surface area contributed by atoms with Gasteiger partial charge in [0, 0.05) is 0 Å². The minimum atomic E-state index is -1.04. The van der Waals surface area contributed by atoms with E-state index in [1.165, 1.54) is 36.4 Å². The lowest BCUT2D eigenvalue weighted by molar-refractivity contribution is -0.132. The molecule has 0 bridgehead atoms. The molecule has 2 aromatic rings. The highest BCUT2D eigenvalue weighted by Crippen LogP contribution is 2.15. The van der Waals surface area contributed by atoms with Crippen LogP contribution in [-0.4, -0.2) is 21.3 Å². The van der Waals surface area contributed by atoms with Gasteiger partial charge in [-0.3, -0.25) is 0 Å². The Hall–Kier alpha value is -3.01. The highest BCUT2D eigenvalue weighted by Gasteiger charge is 2.03. The van der Waals surface area contributed by atoms with E-state index in [1.54, 1.807) is 30.3 Å². The molecule has 0 spiro atoms. The van der Waals surface area contributed by atoms with E-state index in [0.29, 0.717) is 5.56 Å². The van der Waals surface area contributed by atoms with Crippen molar-refractivity contribution in [2.75, 3.05) is 0 Å². The van der Waals surface area contributed by atoms with Gasteiger partial charge >= 0.3 is 5.97 Å². The van der Waals surface area contributed by atoms with Crippen molar-refractivity contribution in [1.29, 1.82) is 0 Å². The minimum Gasteiger partial charge on any atom is -0.508 e. The highest BCUT2D eigenvalue weighted by molar-refractivity contribution is 5.96. The first-order chi connectivity index (χ1) is 10.0. The van der Waals surface area contributed by atoms with Gasteiger partial charge in [-0.25, -0.2) is 4.79 Å². The van der Waals surface area contributed by atoms with E-state index < -0.39 is 5.97 Å².